The first kappa shape index (κ1) is 27.9. The molecule has 1 fully saturated rings. The predicted octanol–water partition coefficient (Wildman–Crippen LogP) is 5.57. The fourth-order valence-corrected chi connectivity index (χ4v) is 7.62. The maximum Gasteiger partial charge on any atom is 0.253 e. The molecule has 0 atom stereocenters. The van der Waals surface area contributed by atoms with E-state index in [1.807, 2.05) is 4.90 Å². The van der Waals surface area contributed by atoms with Gasteiger partial charge in [0.25, 0.3) is 5.91 Å². The minimum absolute atomic E-state index is 0.0635. The van der Waals surface area contributed by atoms with E-state index in [4.69, 9.17) is 4.98 Å². The molecule has 0 spiro atoms. The Bertz CT molecular complexity index is 1290. The van der Waals surface area contributed by atoms with Crippen molar-refractivity contribution in [2.75, 3.05) is 50.4 Å². The second kappa shape index (κ2) is 12.6. The first-order chi connectivity index (χ1) is 17.9. The van der Waals surface area contributed by atoms with Gasteiger partial charge in [0.1, 0.15) is 0 Å². The molecule has 1 aliphatic rings. The number of unbranched alkanes of at least 4 members (excludes halogenated alkanes) is 2. The SMILES string of the molecule is CCCCN(CCCC)S(=O)(=O)c1ccc(C(=O)N2CCN(c3nc4c(SC)cccc4s3)CC2)cc1. The molecule has 1 aliphatic heterocycles. The van der Waals surface area contributed by atoms with E-state index in [0.717, 1.165) is 49.4 Å². The van der Waals surface area contributed by atoms with E-state index < -0.39 is 10.0 Å². The number of amides is 1. The normalized spacial score (nSPS) is 14.6. The van der Waals surface area contributed by atoms with Crippen molar-refractivity contribution in [2.45, 2.75) is 49.3 Å². The lowest BCUT2D eigenvalue weighted by atomic mass is 10.2. The van der Waals surface area contributed by atoms with Crippen LogP contribution in [0.15, 0.2) is 52.3 Å². The molecule has 10 heteroatoms. The van der Waals surface area contributed by atoms with E-state index in [1.165, 1.54) is 9.60 Å². The number of hydrogen-bond acceptors (Lipinski definition) is 7. The fourth-order valence-electron chi connectivity index (χ4n) is 4.43. The summed E-state index contributed by atoms with van der Waals surface area (Å²) < 4.78 is 29.2. The van der Waals surface area contributed by atoms with Crippen molar-refractivity contribution in [2.24, 2.45) is 0 Å². The molecule has 4 rings (SSSR count). The summed E-state index contributed by atoms with van der Waals surface area (Å²) in [5, 5.41) is 0.994. The number of rotatable bonds is 11. The Balaban J connectivity index is 1.40. The van der Waals surface area contributed by atoms with Crippen LogP contribution in [0.25, 0.3) is 10.2 Å². The topological polar surface area (TPSA) is 73.8 Å². The van der Waals surface area contributed by atoms with Gasteiger partial charge in [0, 0.05) is 49.7 Å². The van der Waals surface area contributed by atoms with E-state index in [-0.39, 0.29) is 10.8 Å². The molecular weight excluding hydrogens is 525 g/mol. The number of piperazine rings is 1. The Labute approximate surface area is 228 Å². The van der Waals surface area contributed by atoms with Gasteiger partial charge in [-0.1, -0.05) is 44.1 Å². The van der Waals surface area contributed by atoms with Crippen molar-refractivity contribution >= 4 is 54.4 Å². The number of anilines is 1. The van der Waals surface area contributed by atoms with Crippen molar-refractivity contribution in [1.82, 2.24) is 14.2 Å². The number of thiazole rings is 1. The molecule has 2 heterocycles. The standard InChI is InChI=1S/C27H36N4O3S3/c1-4-6-15-31(16-7-5-2)37(33,34)22-13-11-21(12-14-22)26(32)29-17-19-30(20-18-29)27-28-25-23(35-3)9-8-10-24(25)36-27/h8-14H,4-7,15-20H2,1-3H3. The highest BCUT2D eigenvalue weighted by molar-refractivity contribution is 7.98. The Hall–Kier alpha value is -2.14. The molecular formula is C27H36N4O3S3. The van der Waals surface area contributed by atoms with E-state index in [1.54, 1.807) is 51.7 Å². The number of thioether (sulfide) groups is 1. The lowest BCUT2D eigenvalue weighted by Crippen LogP contribution is -2.48. The number of benzene rings is 2. The first-order valence-corrected chi connectivity index (χ1v) is 16.4. The Morgan fingerprint density at radius 2 is 1.65 bits per heavy atom. The first-order valence-electron chi connectivity index (χ1n) is 13.0. The average Bonchev–Trinajstić information content (AvgIpc) is 3.37. The summed E-state index contributed by atoms with van der Waals surface area (Å²) in [5.41, 5.74) is 1.57. The molecule has 2 aromatic carbocycles. The van der Waals surface area contributed by atoms with Crippen LogP contribution in [-0.4, -0.2) is 74.0 Å². The number of aromatic nitrogens is 1. The number of sulfonamides is 1. The fraction of sp³-hybridized carbons (Fsp3) is 0.481. The van der Waals surface area contributed by atoms with Gasteiger partial charge in [0.2, 0.25) is 10.0 Å². The Kier molecular flexibility index (Phi) is 9.50. The Morgan fingerprint density at radius 1 is 1.00 bits per heavy atom. The third-order valence-corrected chi connectivity index (χ3v) is 10.5. The minimum Gasteiger partial charge on any atom is -0.345 e. The molecule has 0 aliphatic carbocycles. The van der Waals surface area contributed by atoms with Gasteiger partial charge in [-0.25, -0.2) is 13.4 Å². The number of fused-ring (bicyclic) bond motifs is 1. The van der Waals surface area contributed by atoms with Gasteiger partial charge in [-0.05, 0) is 55.5 Å². The maximum atomic E-state index is 13.2. The van der Waals surface area contributed by atoms with Crippen LogP contribution in [0, 0.1) is 0 Å². The van der Waals surface area contributed by atoms with Crippen LogP contribution in [0.1, 0.15) is 49.9 Å². The summed E-state index contributed by atoms with van der Waals surface area (Å²) in [6.07, 6.45) is 5.62. The molecule has 0 saturated carbocycles. The van der Waals surface area contributed by atoms with Gasteiger partial charge < -0.3 is 9.80 Å². The monoisotopic (exact) mass is 560 g/mol. The summed E-state index contributed by atoms with van der Waals surface area (Å²) in [5.74, 6) is -0.0635. The second-order valence-electron chi connectivity index (χ2n) is 9.22. The lowest BCUT2D eigenvalue weighted by molar-refractivity contribution is 0.0746. The zero-order chi connectivity index (χ0) is 26.4. The summed E-state index contributed by atoms with van der Waals surface area (Å²) >= 11 is 3.40. The average molecular weight is 561 g/mol. The number of para-hydroxylation sites is 1. The molecule has 0 bridgehead atoms. The van der Waals surface area contributed by atoms with Crippen LogP contribution in [0.3, 0.4) is 0 Å². The van der Waals surface area contributed by atoms with Crippen LogP contribution >= 0.6 is 23.1 Å². The molecule has 200 valence electrons. The summed E-state index contributed by atoms with van der Waals surface area (Å²) in [4.78, 5) is 23.6. The zero-order valence-electron chi connectivity index (χ0n) is 21.9. The molecule has 1 aromatic heterocycles. The van der Waals surface area contributed by atoms with E-state index in [2.05, 4.69) is 43.2 Å². The summed E-state index contributed by atoms with van der Waals surface area (Å²) in [7, 11) is -3.57. The van der Waals surface area contributed by atoms with Crippen molar-refractivity contribution in [3.05, 3.63) is 48.0 Å². The van der Waals surface area contributed by atoms with E-state index in [9.17, 15) is 13.2 Å². The van der Waals surface area contributed by atoms with Crippen LogP contribution in [0.2, 0.25) is 0 Å². The second-order valence-corrected chi connectivity index (χ2v) is 13.0. The zero-order valence-corrected chi connectivity index (χ0v) is 24.3. The quantitative estimate of drug-likeness (QED) is 0.286. The molecule has 7 nitrogen and oxygen atoms in total. The van der Waals surface area contributed by atoms with Gasteiger partial charge in [0.05, 0.1) is 15.1 Å². The van der Waals surface area contributed by atoms with Crippen molar-refractivity contribution < 1.29 is 13.2 Å². The third-order valence-electron chi connectivity index (χ3n) is 6.69. The van der Waals surface area contributed by atoms with Gasteiger partial charge in [-0.3, -0.25) is 4.79 Å². The molecule has 37 heavy (non-hydrogen) atoms. The molecule has 0 N–H and O–H groups in total. The van der Waals surface area contributed by atoms with Crippen molar-refractivity contribution in [3.63, 3.8) is 0 Å². The van der Waals surface area contributed by atoms with Crippen molar-refractivity contribution in [1.29, 1.82) is 0 Å². The summed E-state index contributed by atoms with van der Waals surface area (Å²) in [6.45, 7) is 7.81. The maximum absolute atomic E-state index is 13.2. The number of nitrogens with zero attached hydrogens (tertiary/aromatic N) is 4. The lowest BCUT2D eigenvalue weighted by Gasteiger charge is -2.34. The van der Waals surface area contributed by atoms with Crippen LogP contribution in [0.5, 0.6) is 0 Å². The molecule has 0 radical (unpaired) electrons. The third kappa shape index (κ3) is 6.30. The molecule has 0 unspecified atom stereocenters. The smallest absolute Gasteiger partial charge is 0.253 e. The molecule has 1 amide bonds. The molecule has 3 aromatic rings. The van der Waals surface area contributed by atoms with Crippen molar-refractivity contribution in [3.8, 4) is 0 Å². The van der Waals surface area contributed by atoms with Gasteiger partial charge in [-0.15, -0.1) is 11.8 Å². The van der Waals surface area contributed by atoms with Gasteiger partial charge in [0.15, 0.2) is 5.13 Å². The van der Waals surface area contributed by atoms with E-state index >= 15 is 0 Å². The predicted molar refractivity (Wildman–Crippen MR) is 155 cm³/mol. The molecule has 1 saturated heterocycles. The van der Waals surface area contributed by atoms with E-state index in [0.29, 0.717) is 31.7 Å². The van der Waals surface area contributed by atoms with Crippen LogP contribution in [-0.2, 0) is 10.0 Å². The van der Waals surface area contributed by atoms with Gasteiger partial charge >= 0.3 is 0 Å². The van der Waals surface area contributed by atoms with Crippen LogP contribution in [0.4, 0.5) is 5.13 Å². The Morgan fingerprint density at radius 3 is 2.24 bits per heavy atom. The summed E-state index contributed by atoms with van der Waals surface area (Å²) in [6, 6.07) is 12.7. The highest BCUT2D eigenvalue weighted by Crippen LogP contribution is 2.34. The number of carbonyl (C=O) groups is 1. The van der Waals surface area contributed by atoms with Crippen LogP contribution < -0.4 is 4.90 Å². The number of hydrogen-bond donors (Lipinski definition) is 0. The van der Waals surface area contributed by atoms with Gasteiger partial charge in [-0.2, -0.15) is 4.31 Å². The minimum atomic E-state index is -3.57. The number of carbonyl (C=O) groups excluding carboxylic acids is 1. The largest absolute Gasteiger partial charge is 0.345 e. The highest BCUT2D eigenvalue weighted by atomic mass is 32.2. The highest BCUT2D eigenvalue weighted by Gasteiger charge is 2.26.